The predicted molar refractivity (Wildman–Crippen MR) is 114 cm³/mol. The molecule has 0 aromatic rings. The summed E-state index contributed by atoms with van der Waals surface area (Å²) in [7, 11) is 0. The first-order chi connectivity index (χ1) is 15.2. The lowest BCUT2D eigenvalue weighted by molar-refractivity contribution is -0.197. The lowest BCUT2D eigenvalue weighted by atomic mass is 9.45. The molecule has 0 amide bonds. The highest BCUT2D eigenvalue weighted by molar-refractivity contribution is 5.89. The zero-order valence-corrected chi connectivity index (χ0v) is 19.2. The number of carbonyl (C=O) groups is 2. The first kappa shape index (κ1) is 22.1. The third kappa shape index (κ3) is 2.90. The molecule has 5 aliphatic rings. The predicted octanol–water partition coefficient (Wildman–Crippen LogP) is 3.06. The molecule has 1 spiro atoms. The van der Waals surface area contributed by atoms with Crippen molar-refractivity contribution in [3.63, 3.8) is 0 Å². The summed E-state index contributed by atoms with van der Waals surface area (Å²) < 4.78 is 23.4. The molecule has 0 radical (unpaired) electrons. The largest absolute Gasteiger partial charge is 0.502 e. The van der Waals surface area contributed by atoms with Gasteiger partial charge in [0.05, 0.1) is 26.1 Å². The second-order valence-electron chi connectivity index (χ2n) is 10.5. The van der Waals surface area contributed by atoms with E-state index in [4.69, 9.17) is 18.9 Å². The van der Waals surface area contributed by atoms with Gasteiger partial charge in [0.1, 0.15) is 22.9 Å². The summed E-state index contributed by atoms with van der Waals surface area (Å²) in [5, 5.41) is 12.3. The summed E-state index contributed by atoms with van der Waals surface area (Å²) in [6.45, 7) is 7.25. The lowest BCUT2D eigenvalue weighted by Gasteiger charge is -2.59. The van der Waals surface area contributed by atoms with Crippen LogP contribution in [0.2, 0.25) is 0 Å². The number of rotatable bonds is 5. The van der Waals surface area contributed by atoms with E-state index in [9.17, 15) is 14.7 Å². The monoisotopic (exact) mass is 446 g/mol. The molecule has 6 unspecified atom stereocenters. The number of aliphatic hydroxyl groups is 1. The highest BCUT2D eigenvalue weighted by Crippen LogP contribution is 2.67. The van der Waals surface area contributed by atoms with Crippen molar-refractivity contribution in [3.05, 3.63) is 24.0 Å². The van der Waals surface area contributed by atoms with E-state index in [2.05, 4.69) is 13.0 Å². The van der Waals surface area contributed by atoms with E-state index >= 15 is 0 Å². The number of ketones is 1. The van der Waals surface area contributed by atoms with Gasteiger partial charge in [-0.25, -0.2) is 0 Å². The van der Waals surface area contributed by atoms with Crippen LogP contribution in [-0.4, -0.2) is 54.2 Å². The molecule has 2 aliphatic heterocycles. The smallest absolute Gasteiger partial charge is 0.316 e. The number of fused-ring (bicyclic) bond motifs is 6. The molecule has 2 heterocycles. The maximum absolute atomic E-state index is 13.3. The van der Waals surface area contributed by atoms with E-state index in [1.54, 1.807) is 6.08 Å². The minimum absolute atomic E-state index is 0.0312. The van der Waals surface area contributed by atoms with Crippen LogP contribution in [0.4, 0.5) is 0 Å². The Morgan fingerprint density at radius 3 is 2.75 bits per heavy atom. The van der Waals surface area contributed by atoms with Crippen molar-refractivity contribution >= 4 is 11.8 Å². The first-order valence-corrected chi connectivity index (χ1v) is 11.9. The van der Waals surface area contributed by atoms with E-state index in [1.807, 2.05) is 6.92 Å². The molecular formula is C25H34O7. The Morgan fingerprint density at radius 2 is 2.06 bits per heavy atom. The van der Waals surface area contributed by atoms with E-state index in [-0.39, 0.29) is 35.6 Å². The SMILES string of the molecule is CCO/C=C/C1(O)C2CC=C3CC4(CCC3(C)C2C2CC1(CC(C)=O)C(=O)O2)OCCO4. The van der Waals surface area contributed by atoms with E-state index in [0.717, 1.165) is 12.8 Å². The van der Waals surface area contributed by atoms with Gasteiger partial charge in [-0.2, -0.15) is 0 Å². The minimum Gasteiger partial charge on any atom is -0.502 e. The van der Waals surface area contributed by atoms with Crippen molar-refractivity contribution in [1.29, 1.82) is 0 Å². The Morgan fingerprint density at radius 1 is 1.31 bits per heavy atom. The van der Waals surface area contributed by atoms with Crippen LogP contribution in [0.1, 0.15) is 59.3 Å². The third-order valence-electron chi connectivity index (χ3n) is 8.89. The maximum Gasteiger partial charge on any atom is 0.316 e. The van der Waals surface area contributed by atoms with Crippen LogP contribution >= 0.6 is 0 Å². The number of esters is 1. The average Bonchev–Trinajstić information content (AvgIpc) is 3.31. The van der Waals surface area contributed by atoms with Crippen molar-refractivity contribution in [1.82, 2.24) is 0 Å². The minimum atomic E-state index is -1.52. The van der Waals surface area contributed by atoms with E-state index < -0.39 is 22.8 Å². The van der Waals surface area contributed by atoms with Gasteiger partial charge in [0.15, 0.2) is 5.79 Å². The van der Waals surface area contributed by atoms with Crippen molar-refractivity contribution < 1.29 is 33.6 Å². The van der Waals surface area contributed by atoms with Gasteiger partial charge in [-0.1, -0.05) is 18.6 Å². The average molecular weight is 447 g/mol. The van der Waals surface area contributed by atoms with Crippen LogP contribution in [0.15, 0.2) is 24.0 Å². The highest BCUT2D eigenvalue weighted by atomic mass is 16.7. The molecule has 2 saturated carbocycles. The summed E-state index contributed by atoms with van der Waals surface area (Å²) in [4.78, 5) is 25.5. The molecule has 0 aromatic heterocycles. The van der Waals surface area contributed by atoms with Crippen molar-refractivity contribution in [2.45, 2.75) is 76.8 Å². The first-order valence-electron chi connectivity index (χ1n) is 11.9. The van der Waals surface area contributed by atoms with Gasteiger partial charge in [-0.05, 0) is 38.2 Å². The molecule has 7 heteroatoms. The summed E-state index contributed by atoms with van der Waals surface area (Å²) in [6.07, 6.45) is 8.24. The second-order valence-corrected chi connectivity index (χ2v) is 10.5. The normalized spacial score (nSPS) is 44.2. The van der Waals surface area contributed by atoms with Crippen LogP contribution in [0, 0.1) is 22.7 Å². The molecule has 4 fully saturated rings. The van der Waals surface area contributed by atoms with Crippen molar-refractivity contribution in [2.75, 3.05) is 19.8 Å². The van der Waals surface area contributed by atoms with Crippen LogP contribution in [-0.2, 0) is 28.5 Å². The molecule has 5 rings (SSSR count). The summed E-state index contributed by atoms with van der Waals surface area (Å²) in [5.74, 6) is -1.43. The Hall–Kier alpha value is -1.70. The fourth-order valence-corrected chi connectivity index (χ4v) is 7.45. The Labute approximate surface area is 189 Å². The van der Waals surface area contributed by atoms with Crippen LogP contribution in [0.3, 0.4) is 0 Å². The van der Waals surface area contributed by atoms with Crippen LogP contribution in [0.5, 0.6) is 0 Å². The van der Waals surface area contributed by atoms with Gasteiger partial charge in [0, 0.05) is 37.5 Å². The summed E-state index contributed by atoms with van der Waals surface area (Å²) in [5.41, 5.74) is -1.77. The number of hydrogen-bond acceptors (Lipinski definition) is 7. The van der Waals surface area contributed by atoms with Gasteiger partial charge in [0.2, 0.25) is 0 Å². The fourth-order valence-electron chi connectivity index (χ4n) is 7.45. The third-order valence-corrected chi connectivity index (χ3v) is 8.89. The maximum atomic E-state index is 13.3. The van der Waals surface area contributed by atoms with E-state index in [1.165, 1.54) is 18.8 Å². The van der Waals surface area contributed by atoms with Gasteiger partial charge in [-0.15, -0.1) is 0 Å². The van der Waals surface area contributed by atoms with Crippen molar-refractivity contribution in [2.24, 2.45) is 22.7 Å². The van der Waals surface area contributed by atoms with Gasteiger partial charge < -0.3 is 24.1 Å². The molecule has 2 saturated heterocycles. The van der Waals surface area contributed by atoms with Gasteiger partial charge in [0.25, 0.3) is 0 Å². The number of Topliss-reactive ketones (excluding diaryl/α,β-unsaturated/α-hetero) is 1. The summed E-state index contributed by atoms with van der Waals surface area (Å²) in [6, 6.07) is 0. The molecule has 6 atom stereocenters. The fraction of sp³-hybridized carbons (Fsp3) is 0.760. The number of carbonyl (C=O) groups excluding carboxylic acids is 2. The van der Waals surface area contributed by atoms with Gasteiger partial charge in [-0.3, -0.25) is 9.59 Å². The van der Waals surface area contributed by atoms with Crippen LogP contribution in [0.25, 0.3) is 0 Å². The van der Waals surface area contributed by atoms with E-state index in [0.29, 0.717) is 39.1 Å². The molecule has 176 valence electrons. The van der Waals surface area contributed by atoms with Crippen LogP contribution < -0.4 is 0 Å². The molecule has 3 aliphatic carbocycles. The highest BCUT2D eigenvalue weighted by Gasteiger charge is 2.73. The quantitative estimate of drug-likeness (QED) is 0.394. The molecule has 1 N–H and O–H groups in total. The number of allylic oxidation sites excluding steroid dienone is 1. The topological polar surface area (TPSA) is 91.3 Å². The molecule has 0 aromatic carbocycles. The standard InChI is InChI=1S/C25H34O7/c1-4-29-10-9-25(28)18-6-5-17-14-24(30-11-12-31-24)8-7-22(17,3)20(18)19-15-23(25,13-16(2)26)21(27)32-19/h5,9-10,18-20,28H,4,6-8,11-15H2,1-3H3/b10-9+. The Kier molecular flexibility index (Phi) is 5.12. The molecule has 7 nitrogen and oxygen atoms in total. The number of ether oxygens (including phenoxy) is 4. The van der Waals surface area contributed by atoms with Crippen molar-refractivity contribution in [3.8, 4) is 0 Å². The number of hydrogen-bond donors (Lipinski definition) is 1. The zero-order chi connectivity index (χ0) is 22.8. The molecular weight excluding hydrogens is 412 g/mol. The zero-order valence-electron chi connectivity index (χ0n) is 19.2. The molecule has 2 bridgehead atoms. The lowest BCUT2D eigenvalue weighted by Crippen LogP contribution is -2.64. The molecule has 32 heavy (non-hydrogen) atoms. The Bertz CT molecular complexity index is 872. The summed E-state index contributed by atoms with van der Waals surface area (Å²) >= 11 is 0. The Balaban J connectivity index is 1.58. The second kappa shape index (κ2) is 7.40. The van der Waals surface area contributed by atoms with Gasteiger partial charge >= 0.3 is 5.97 Å².